The molecule has 0 aliphatic heterocycles. The third kappa shape index (κ3) is 2.15. The van der Waals surface area contributed by atoms with E-state index >= 15 is 0 Å². The minimum Gasteiger partial charge on any atom is -0.507 e. The number of hydrogen-bond donors (Lipinski definition) is 2. The zero-order valence-electron chi connectivity index (χ0n) is 11.9. The molecule has 110 valence electrons. The van der Waals surface area contributed by atoms with Crippen molar-refractivity contribution in [3.63, 3.8) is 0 Å². The number of carbonyl (C=O) groups is 1. The summed E-state index contributed by atoms with van der Waals surface area (Å²) in [7, 11) is 1.47. The van der Waals surface area contributed by atoms with Crippen LogP contribution < -0.4 is 4.74 Å². The number of ketones is 1. The number of methoxy groups -OCH3 is 1. The highest BCUT2D eigenvalue weighted by atomic mass is 16.5. The predicted molar refractivity (Wildman–Crippen MR) is 83.7 cm³/mol. The Bertz CT molecular complexity index is 854. The van der Waals surface area contributed by atoms with Crippen molar-refractivity contribution in [1.82, 2.24) is 0 Å². The van der Waals surface area contributed by atoms with Crippen LogP contribution in [0.25, 0.3) is 10.8 Å². The second-order valence-corrected chi connectivity index (χ2v) is 4.87. The smallest absolute Gasteiger partial charge is 0.196 e. The average Bonchev–Trinajstić information content (AvgIpc) is 2.57. The summed E-state index contributed by atoms with van der Waals surface area (Å²) in [5.74, 6) is -0.237. The number of fused-ring (bicyclic) bond motifs is 1. The zero-order chi connectivity index (χ0) is 15.7. The Kier molecular flexibility index (Phi) is 3.43. The molecule has 0 aliphatic carbocycles. The average molecular weight is 294 g/mol. The fourth-order valence-corrected chi connectivity index (χ4v) is 2.49. The SMILES string of the molecule is COc1cccc2c(O)cc(C(=O)c3ccccc3)c(O)c12. The Morgan fingerprint density at radius 3 is 2.41 bits per heavy atom. The number of ether oxygens (including phenoxy) is 1. The maximum Gasteiger partial charge on any atom is 0.196 e. The van der Waals surface area contributed by atoms with E-state index in [0.29, 0.717) is 22.1 Å². The molecule has 0 saturated heterocycles. The van der Waals surface area contributed by atoms with Gasteiger partial charge in [-0.2, -0.15) is 0 Å². The normalized spacial score (nSPS) is 10.6. The van der Waals surface area contributed by atoms with Crippen LogP contribution in [0, 0.1) is 0 Å². The van der Waals surface area contributed by atoms with E-state index in [9.17, 15) is 15.0 Å². The predicted octanol–water partition coefficient (Wildman–Crippen LogP) is 3.49. The largest absolute Gasteiger partial charge is 0.507 e. The Morgan fingerprint density at radius 1 is 1.00 bits per heavy atom. The van der Waals surface area contributed by atoms with E-state index in [-0.39, 0.29) is 22.8 Å². The van der Waals surface area contributed by atoms with Gasteiger partial charge in [0.05, 0.1) is 18.1 Å². The Morgan fingerprint density at radius 2 is 1.73 bits per heavy atom. The monoisotopic (exact) mass is 294 g/mol. The summed E-state index contributed by atoms with van der Waals surface area (Å²) in [5, 5.41) is 21.4. The van der Waals surface area contributed by atoms with E-state index in [0.717, 1.165) is 0 Å². The molecule has 0 aliphatic rings. The van der Waals surface area contributed by atoms with Crippen molar-refractivity contribution in [2.24, 2.45) is 0 Å². The molecule has 0 unspecified atom stereocenters. The second-order valence-electron chi connectivity index (χ2n) is 4.87. The maximum absolute atomic E-state index is 12.6. The van der Waals surface area contributed by atoms with Gasteiger partial charge in [0.15, 0.2) is 5.78 Å². The molecule has 0 bridgehead atoms. The molecule has 3 rings (SSSR count). The molecule has 0 saturated carbocycles. The lowest BCUT2D eigenvalue weighted by Crippen LogP contribution is -2.02. The lowest BCUT2D eigenvalue weighted by molar-refractivity contribution is 0.103. The fraction of sp³-hybridized carbons (Fsp3) is 0.0556. The molecule has 0 aromatic heterocycles. The first-order valence-corrected chi connectivity index (χ1v) is 6.75. The maximum atomic E-state index is 12.6. The fourth-order valence-electron chi connectivity index (χ4n) is 2.49. The van der Waals surface area contributed by atoms with Crippen molar-refractivity contribution in [3.05, 3.63) is 65.7 Å². The van der Waals surface area contributed by atoms with E-state index in [2.05, 4.69) is 0 Å². The summed E-state index contributed by atoms with van der Waals surface area (Å²) < 4.78 is 5.22. The molecule has 3 aromatic rings. The van der Waals surface area contributed by atoms with Crippen LogP contribution in [0.15, 0.2) is 54.6 Å². The van der Waals surface area contributed by atoms with E-state index < -0.39 is 0 Å². The highest BCUT2D eigenvalue weighted by Crippen LogP contribution is 2.41. The number of phenolic OH excluding ortho intramolecular Hbond substituents is 2. The summed E-state index contributed by atoms with van der Waals surface area (Å²) in [6.45, 7) is 0. The summed E-state index contributed by atoms with van der Waals surface area (Å²) in [6, 6.07) is 14.9. The minimum absolute atomic E-state index is 0.0423. The molecule has 0 fully saturated rings. The van der Waals surface area contributed by atoms with Gasteiger partial charge in [-0.15, -0.1) is 0 Å². The highest BCUT2D eigenvalue weighted by Gasteiger charge is 2.20. The lowest BCUT2D eigenvalue weighted by atomic mass is 9.97. The molecule has 3 aromatic carbocycles. The number of phenols is 2. The van der Waals surface area contributed by atoms with Gasteiger partial charge < -0.3 is 14.9 Å². The van der Waals surface area contributed by atoms with Crippen LogP contribution >= 0.6 is 0 Å². The number of rotatable bonds is 3. The van der Waals surface area contributed by atoms with Crippen molar-refractivity contribution >= 4 is 16.6 Å². The molecule has 0 spiro atoms. The van der Waals surface area contributed by atoms with E-state index in [4.69, 9.17) is 4.74 Å². The summed E-state index contributed by atoms with van der Waals surface area (Å²) in [5.41, 5.74) is 0.479. The second kappa shape index (κ2) is 5.41. The Balaban J connectivity index is 2.28. The van der Waals surface area contributed by atoms with Gasteiger partial charge in [0.1, 0.15) is 17.2 Å². The van der Waals surface area contributed by atoms with Gasteiger partial charge in [-0.1, -0.05) is 42.5 Å². The molecule has 2 N–H and O–H groups in total. The molecule has 22 heavy (non-hydrogen) atoms. The van der Waals surface area contributed by atoms with Crippen molar-refractivity contribution in [3.8, 4) is 17.2 Å². The van der Waals surface area contributed by atoms with Gasteiger partial charge in [-0.3, -0.25) is 4.79 Å². The quantitative estimate of drug-likeness (QED) is 0.573. The summed E-state index contributed by atoms with van der Waals surface area (Å²) >= 11 is 0. The third-order valence-electron chi connectivity index (χ3n) is 3.58. The Hall–Kier alpha value is -3.01. The van der Waals surface area contributed by atoms with Gasteiger partial charge in [0.2, 0.25) is 0 Å². The molecular formula is C18H14O4. The minimum atomic E-state index is -0.360. The van der Waals surface area contributed by atoms with E-state index in [1.54, 1.807) is 48.5 Å². The first-order chi connectivity index (χ1) is 10.6. The molecule has 4 heteroatoms. The van der Waals surface area contributed by atoms with Crippen molar-refractivity contribution < 1.29 is 19.7 Å². The molecule has 0 atom stereocenters. The van der Waals surface area contributed by atoms with Gasteiger partial charge in [-0.05, 0) is 12.1 Å². The van der Waals surface area contributed by atoms with Crippen molar-refractivity contribution in [2.75, 3.05) is 7.11 Å². The van der Waals surface area contributed by atoms with Gasteiger partial charge >= 0.3 is 0 Å². The first-order valence-electron chi connectivity index (χ1n) is 6.75. The summed E-state index contributed by atoms with van der Waals surface area (Å²) in [4.78, 5) is 12.6. The third-order valence-corrected chi connectivity index (χ3v) is 3.58. The van der Waals surface area contributed by atoms with Crippen molar-refractivity contribution in [2.45, 2.75) is 0 Å². The van der Waals surface area contributed by atoms with Gasteiger partial charge in [-0.25, -0.2) is 0 Å². The topological polar surface area (TPSA) is 66.8 Å². The van der Waals surface area contributed by atoms with Crippen LogP contribution in [0.1, 0.15) is 15.9 Å². The van der Waals surface area contributed by atoms with E-state index in [1.807, 2.05) is 0 Å². The van der Waals surface area contributed by atoms with Crippen LogP contribution in [-0.2, 0) is 0 Å². The lowest BCUT2D eigenvalue weighted by Gasteiger charge is -2.12. The standard InChI is InChI=1S/C18H14O4/c1-22-15-9-5-8-12-14(19)10-13(18(21)16(12)15)17(20)11-6-3-2-4-7-11/h2-10,19,21H,1H3. The zero-order valence-corrected chi connectivity index (χ0v) is 11.9. The number of benzene rings is 3. The van der Waals surface area contributed by atoms with Gasteiger partial charge in [0.25, 0.3) is 0 Å². The summed E-state index contributed by atoms with van der Waals surface area (Å²) in [6.07, 6.45) is 0. The highest BCUT2D eigenvalue weighted by molar-refractivity contribution is 6.15. The van der Waals surface area contributed by atoms with Crippen LogP contribution in [0.4, 0.5) is 0 Å². The first kappa shape index (κ1) is 13.9. The molecular weight excluding hydrogens is 280 g/mol. The molecule has 4 nitrogen and oxygen atoms in total. The molecule has 0 heterocycles. The number of aromatic hydroxyl groups is 2. The Labute approximate surface area is 127 Å². The molecule has 0 amide bonds. The number of hydrogen-bond acceptors (Lipinski definition) is 4. The van der Waals surface area contributed by atoms with Gasteiger partial charge in [0, 0.05) is 10.9 Å². The molecule has 0 radical (unpaired) electrons. The van der Waals surface area contributed by atoms with Crippen LogP contribution in [0.5, 0.6) is 17.2 Å². The number of carbonyl (C=O) groups excluding carboxylic acids is 1. The van der Waals surface area contributed by atoms with Crippen LogP contribution in [0.2, 0.25) is 0 Å². The van der Waals surface area contributed by atoms with Crippen LogP contribution in [-0.4, -0.2) is 23.1 Å². The van der Waals surface area contributed by atoms with Crippen LogP contribution in [0.3, 0.4) is 0 Å². The van der Waals surface area contributed by atoms with E-state index in [1.165, 1.54) is 13.2 Å². The van der Waals surface area contributed by atoms with Crippen molar-refractivity contribution in [1.29, 1.82) is 0 Å².